The van der Waals surface area contributed by atoms with E-state index in [1.165, 1.54) is 32.1 Å². The highest BCUT2D eigenvalue weighted by Crippen LogP contribution is 2.22. The molecule has 0 heterocycles. The van der Waals surface area contributed by atoms with Crippen LogP contribution in [0.3, 0.4) is 0 Å². The van der Waals surface area contributed by atoms with E-state index in [1.54, 1.807) is 5.57 Å². The third-order valence-corrected chi connectivity index (χ3v) is 1.75. The summed E-state index contributed by atoms with van der Waals surface area (Å²) in [4.78, 5) is 0. The maximum absolute atomic E-state index is 2.37. The molecule has 1 rings (SSSR count). The Hall–Kier alpha value is -0.260. The van der Waals surface area contributed by atoms with Crippen LogP contribution in [0, 0.1) is 0 Å². The van der Waals surface area contributed by atoms with Gasteiger partial charge in [-0.25, -0.2) is 0 Å². The lowest BCUT2D eigenvalue weighted by molar-refractivity contribution is 0.715. The van der Waals surface area contributed by atoms with Gasteiger partial charge in [0, 0.05) is 0 Å². The van der Waals surface area contributed by atoms with Crippen molar-refractivity contribution < 1.29 is 0 Å². The summed E-state index contributed by atoms with van der Waals surface area (Å²) < 4.78 is 0. The van der Waals surface area contributed by atoms with Crippen molar-refractivity contribution in [3.8, 4) is 0 Å². The zero-order valence-corrected chi connectivity index (χ0v) is 5.61. The van der Waals surface area contributed by atoms with Gasteiger partial charge in [-0.1, -0.05) is 25.0 Å². The summed E-state index contributed by atoms with van der Waals surface area (Å²) in [5.74, 6) is 0. The average Bonchev–Trinajstić information content (AvgIpc) is 1.63. The molecule has 0 N–H and O–H groups in total. The Morgan fingerprint density at radius 2 is 2.38 bits per heavy atom. The summed E-state index contributed by atoms with van der Waals surface area (Å²) in [6.07, 6.45) is 9.22. The summed E-state index contributed by atoms with van der Waals surface area (Å²) in [5, 5.41) is 0. The van der Waals surface area contributed by atoms with Crippen molar-refractivity contribution in [2.75, 3.05) is 0 Å². The van der Waals surface area contributed by atoms with E-state index in [2.05, 4.69) is 13.0 Å². The van der Waals surface area contributed by atoms with E-state index < -0.39 is 0 Å². The van der Waals surface area contributed by atoms with Crippen molar-refractivity contribution in [2.24, 2.45) is 0 Å². The molecule has 0 aliphatic heterocycles. The van der Waals surface area contributed by atoms with Crippen LogP contribution in [0.15, 0.2) is 11.6 Å². The van der Waals surface area contributed by atoms with Gasteiger partial charge in [-0.2, -0.15) is 0 Å². The molecule has 0 saturated carbocycles. The normalized spacial score (nSPS) is 17.4. The van der Waals surface area contributed by atoms with E-state index >= 15 is 0 Å². The van der Waals surface area contributed by atoms with Crippen molar-refractivity contribution in [3.63, 3.8) is 0 Å². The molecule has 46 valence electrons. The van der Waals surface area contributed by atoms with Gasteiger partial charge in [-0.15, -0.1) is 0 Å². The molecule has 0 aromatic rings. The van der Waals surface area contributed by atoms with Gasteiger partial charge in [0.05, 0.1) is 0 Å². The molecular formula is C8H14. The van der Waals surface area contributed by atoms with Crippen LogP contribution in [0.25, 0.3) is 0 Å². The van der Waals surface area contributed by atoms with E-state index in [9.17, 15) is 0 Å². The third-order valence-electron chi connectivity index (χ3n) is 1.75. The van der Waals surface area contributed by atoms with E-state index in [0.717, 1.165) is 0 Å². The first-order valence-electron chi connectivity index (χ1n) is 3.61. The summed E-state index contributed by atoms with van der Waals surface area (Å²) in [5.41, 5.74) is 1.70. The van der Waals surface area contributed by atoms with Crippen molar-refractivity contribution in [1.29, 1.82) is 0 Å². The molecular weight excluding hydrogens is 96.1 g/mol. The van der Waals surface area contributed by atoms with Gasteiger partial charge in [0.2, 0.25) is 0 Å². The second kappa shape index (κ2) is 2.91. The number of hydrogen-bond acceptors (Lipinski definition) is 0. The Balaban J connectivity index is 2.02. The number of allylic oxidation sites excluding steroid dienone is 2. The maximum Gasteiger partial charge on any atom is -0.0285 e. The molecule has 1 aliphatic rings. The van der Waals surface area contributed by atoms with Gasteiger partial charge in [-0.05, 0) is 25.7 Å². The van der Waals surface area contributed by atoms with Gasteiger partial charge in [-0.3, -0.25) is 0 Å². The Bertz CT molecular complexity index is 90.2. The highest BCUT2D eigenvalue weighted by atomic mass is 14.1. The number of unbranched alkanes of at least 4 members (excludes halogenated alkanes) is 1. The number of rotatable bonds is 3. The smallest absolute Gasteiger partial charge is 0.0285 e. The molecule has 0 radical (unpaired) electrons. The molecule has 0 bridgehead atoms. The molecule has 0 amide bonds. The van der Waals surface area contributed by atoms with Gasteiger partial charge in [0.25, 0.3) is 0 Å². The molecule has 0 saturated heterocycles. The lowest BCUT2D eigenvalue weighted by Gasteiger charge is -2.12. The first-order chi connectivity index (χ1) is 3.93. The van der Waals surface area contributed by atoms with Crippen molar-refractivity contribution >= 4 is 0 Å². The van der Waals surface area contributed by atoms with Gasteiger partial charge in [0.1, 0.15) is 0 Å². The van der Waals surface area contributed by atoms with Crippen LogP contribution in [0.4, 0.5) is 0 Å². The summed E-state index contributed by atoms with van der Waals surface area (Å²) in [6, 6.07) is 0. The van der Waals surface area contributed by atoms with E-state index in [0.29, 0.717) is 0 Å². The standard InChI is InChI=1S/C8H14/c1-2-3-5-8-6-4-7-8/h6H,2-5,7H2,1H3. The second-order valence-corrected chi connectivity index (χ2v) is 2.50. The minimum Gasteiger partial charge on any atom is -0.0850 e. The monoisotopic (exact) mass is 110 g/mol. The fourth-order valence-electron chi connectivity index (χ4n) is 0.979. The molecule has 0 atom stereocenters. The summed E-state index contributed by atoms with van der Waals surface area (Å²) in [7, 11) is 0. The van der Waals surface area contributed by atoms with E-state index in [-0.39, 0.29) is 0 Å². The van der Waals surface area contributed by atoms with E-state index in [1.807, 2.05) is 0 Å². The lowest BCUT2D eigenvalue weighted by atomic mass is 9.94. The highest BCUT2D eigenvalue weighted by molar-refractivity contribution is 5.11. The zero-order chi connectivity index (χ0) is 5.82. The van der Waals surface area contributed by atoms with Crippen LogP contribution in [0.1, 0.15) is 39.0 Å². The molecule has 0 nitrogen and oxygen atoms in total. The molecule has 0 unspecified atom stereocenters. The molecule has 1 aliphatic carbocycles. The van der Waals surface area contributed by atoms with Crippen LogP contribution in [0.5, 0.6) is 0 Å². The quantitative estimate of drug-likeness (QED) is 0.490. The molecule has 0 spiro atoms. The largest absolute Gasteiger partial charge is 0.0850 e. The first-order valence-corrected chi connectivity index (χ1v) is 3.61. The zero-order valence-electron chi connectivity index (χ0n) is 5.61. The third kappa shape index (κ3) is 1.36. The molecule has 0 fully saturated rings. The topological polar surface area (TPSA) is 0 Å². The molecule has 8 heavy (non-hydrogen) atoms. The van der Waals surface area contributed by atoms with Crippen LogP contribution in [-0.2, 0) is 0 Å². The molecule has 0 aromatic heterocycles. The summed E-state index contributed by atoms with van der Waals surface area (Å²) >= 11 is 0. The minimum atomic E-state index is 1.34. The Kier molecular flexibility index (Phi) is 2.13. The first kappa shape index (κ1) is 5.87. The fraction of sp³-hybridized carbons (Fsp3) is 0.750. The van der Waals surface area contributed by atoms with Crippen LogP contribution < -0.4 is 0 Å². The van der Waals surface area contributed by atoms with Crippen LogP contribution in [0.2, 0.25) is 0 Å². The number of hydrogen-bond donors (Lipinski definition) is 0. The maximum atomic E-state index is 2.37. The molecule has 0 heteroatoms. The van der Waals surface area contributed by atoms with Gasteiger partial charge < -0.3 is 0 Å². The van der Waals surface area contributed by atoms with Crippen LogP contribution in [-0.4, -0.2) is 0 Å². The predicted molar refractivity (Wildman–Crippen MR) is 36.8 cm³/mol. The highest BCUT2D eigenvalue weighted by Gasteiger charge is 2.02. The predicted octanol–water partition coefficient (Wildman–Crippen LogP) is 2.90. The summed E-state index contributed by atoms with van der Waals surface area (Å²) in [6.45, 7) is 2.25. The van der Waals surface area contributed by atoms with Gasteiger partial charge >= 0.3 is 0 Å². The fourth-order valence-corrected chi connectivity index (χ4v) is 0.979. The van der Waals surface area contributed by atoms with Crippen molar-refractivity contribution in [2.45, 2.75) is 39.0 Å². The van der Waals surface area contributed by atoms with Gasteiger partial charge in [0.15, 0.2) is 0 Å². The Morgan fingerprint density at radius 3 is 2.75 bits per heavy atom. The lowest BCUT2D eigenvalue weighted by Crippen LogP contribution is -1.92. The van der Waals surface area contributed by atoms with Crippen molar-refractivity contribution in [3.05, 3.63) is 11.6 Å². The Morgan fingerprint density at radius 1 is 1.62 bits per heavy atom. The SMILES string of the molecule is CCCCC1=CCC1. The second-order valence-electron chi connectivity index (χ2n) is 2.50. The minimum absolute atomic E-state index is 1.34. The van der Waals surface area contributed by atoms with E-state index in [4.69, 9.17) is 0 Å². The van der Waals surface area contributed by atoms with Crippen molar-refractivity contribution in [1.82, 2.24) is 0 Å². The molecule has 0 aromatic carbocycles. The Labute approximate surface area is 51.6 Å². The van der Waals surface area contributed by atoms with Crippen LogP contribution >= 0.6 is 0 Å². The average molecular weight is 110 g/mol.